The Kier molecular flexibility index (Phi) is 5.62. The Bertz CT molecular complexity index is 1280. The van der Waals surface area contributed by atoms with Crippen molar-refractivity contribution in [1.29, 1.82) is 5.41 Å². The number of fused-ring (bicyclic) bond motifs is 2. The van der Waals surface area contributed by atoms with Crippen molar-refractivity contribution in [3.8, 4) is 0 Å². The Morgan fingerprint density at radius 3 is 3.00 bits per heavy atom. The van der Waals surface area contributed by atoms with Crippen molar-refractivity contribution in [3.63, 3.8) is 0 Å². The SMILES string of the molecule is CN=CC(C=N)CNc1cc(CCC2CC2c2ccc3ccccc3n2)nc2ccnn12. The average molecular weight is 426 g/mol. The second kappa shape index (κ2) is 8.86. The number of benzene rings is 1. The number of pyridine rings is 1. The topological polar surface area (TPSA) is 91.3 Å². The van der Waals surface area contributed by atoms with Crippen molar-refractivity contribution < 1.29 is 0 Å². The van der Waals surface area contributed by atoms with E-state index in [2.05, 4.69) is 51.8 Å². The van der Waals surface area contributed by atoms with Gasteiger partial charge in [0, 0.05) is 66.8 Å². The molecular formula is C25H27N7. The van der Waals surface area contributed by atoms with E-state index in [4.69, 9.17) is 15.4 Å². The number of nitrogens with zero attached hydrogens (tertiary/aromatic N) is 5. The minimum Gasteiger partial charge on any atom is -0.369 e. The zero-order valence-electron chi connectivity index (χ0n) is 18.1. The van der Waals surface area contributed by atoms with Crippen LogP contribution in [0.15, 0.2) is 59.7 Å². The quantitative estimate of drug-likeness (QED) is 0.389. The van der Waals surface area contributed by atoms with Crippen LogP contribution < -0.4 is 5.32 Å². The van der Waals surface area contributed by atoms with Gasteiger partial charge in [0.2, 0.25) is 0 Å². The summed E-state index contributed by atoms with van der Waals surface area (Å²) in [5.74, 6) is 2.06. The molecule has 3 heterocycles. The highest BCUT2D eigenvalue weighted by atomic mass is 15.3. The van der Waals surface area contributed by atoms with Gasteiger partial charge in [-0.1, -0.05) is 24.3 Å². The van der Waals surface area contributed by atoms with Crippen molar-refractivity contribution in [3.05, 3.63) is 66.1 Å². The lowest BCUT2D eigenvalue weighted by Crippen LogP contribution is -2.18. The summed E-state index contributed by atoms with van der Waals surface area (Å²) in [5.41, 5.74) is 4.19. The van der Waals surface area contributed by atoms with E-state index in [9.17, 15) is 0 Å². The van der Waals surface area contributed by atoms with Crippen LogP contribution in [-0.2, 0) is 6.42 Å². The summed E-state index contributed by atoms with van der Waals surface area (Å²) in [6.07, 6.45) is 8.16. The molecule has 0 aliphatic heterocycles. The van der Waals surface area contributed by atoms with Crippen LogP contribution in [0.3, 0.4) is 0 Å². The Hall–Kier alpha value is -3.61. The van der Waals surface area contributed by atoms with Crippen molar-refractivity contribution >= 4 is 34.8 Å². The minimum absolute atomic E-state index is 0.0519. The molecule has 162 valence electrons. The number of para-hydroxylation sites is 1. The number of aromatic nitrogens is 4. The highest BCUT2D eigenvalue weighted by Gasteiger charge is 2.38. The first-order valence-electron chi connectivity index (χ1n) is 11.1. The van der Waals surface area contributed by atoms with Crippen LogP contribution in [-0.4, -0.2) is 45.6 Å². The normalized spacial score (nSPS) is 18.9. The third kappa shape index (κ3) is 4.23. The van der Waals surface area contributed by atoms with Crippen LogP contribution in [0.1, 0.15) is 30.1 Å². The Morgan fingerprint density at radius 1 is 1.22 bits per heavy atom. The van der Waals surface area contributed by atoms with Gasteiger partial charge in [-0.3, -0.25) is 4.98 Å². The van der Waals surface area contributed by atoms with E-state index in [-0.39, 0.29) is 5.92 Å². The zero-order valence-corrected chi connectivity index (χ0v) is 18.1. The molecule has 5 rings (SSSR count). The Morgan fingerprint density at radius 2 is 2.12 bits per heavy atom. The lowest BCUT2D eigenvalue weighted by Gasteiger charge is -2.12. The summed E-state index contributed by atoms with van der Waals surface area (Å²) >= 11 is 0. The van der Waals surface area contributed by atoms with Gasteiger partial charge < -0.3 is 15.7 Å². The molecule has 0 radical (unpaired) electrons. The fraction of sp³-hybridized carbons (Fsp3) is 0.320. The van der Waals surface area contributed by atoms with E-state index in [0.717, 1.165) is 35.5 Å². The third-order valence-electron chi connectivity index (χ3n) is 6.18. The summed E-state index contributed by atoms with van der Waals surface area (Å²) in [6, 6.07) is 16.7. The molecule has 7 heteroatoms. The molecule has 1 aliphatic carbocycles. The van der Waals surface area contributed by atoms with Gasteiger partial charge in [0.15, 0.2) is 5.65 Å². The number of hydrogen-bond acceptors (Lipinski definition) is 6. The van der Waals surface area contributed by atoms with Crippen LogP contribution in [0.4, 0.5) is 5.82 Å². The van der Waals surface area contributed by atoms with Crippen LogP contribution in [0.5, 0.6) is 0 Å². The molecule has 1 aromatic carbocycles. The van der Waals surface area contributed by atoms with Gasteiger partial charge in [0.25, 0.3) is 0 Å². The van der Waals surface area contributed by atoms with Gasteiger partial charge in [-0.05, 0) is 37.3 Å². The molecule has 3 aromatic heterocycles. The van der Waals surface area contributed by atoms with Gasteiger partial charge in [0.05, 0.1) is 11.7 Å². The monoisotopic (exact) mass is 425 g/mol. The Balaban J connectivity index is 1.26. The molecule has 1 aliphatic rings. The van der Waals surface area contributed by atoms with E-state index in [0.29, 0.717) is 18.4 Å². The fourth-order valence-electron chi connectivity index (χ4n) is 4.34. The fourth-order valence-corrected chi connectivity index (χ4v) is 4.34. The van der Waals surface area contributed by atoms with Crippen LogP contribution in [0.25, 0.3) is 16.6 Å². The molecule has 7 nitrogen and oxygen atoms in total. The third-order valence-corrected chi connectivity index (χ3v) is 6.18. The van der Waals surface area contributed by atoms with Crippen molar-refractivity contribution in [1.82, 2.24) is 19.6 Å². The van der Waals surface area contributed by atoms with Crippen LogP contribution >= 0.6 is 0 Å². The molecule has 3 unspecified atom stereocenters. The summed E-state index contributed by atoms with van der Waals surface area (Å²) < 4.78 is 1.81. The highest BCUT2D eigenvalue weighted by molar-refractivity contribution is 5.82. The zero-order chi connectivity index (χ0) is 21.9. The molecule has 0 spiro atoms. The molecule has 2 N–H and O–H groups in total. The molecule has 1 saturated carbocycles. The second-order valence-corrected chi connectivity index (χ2v) is 8.42. The molecule has 4 aromatic rings. The number of aryl methyl sites for hydroxylation is 1. The van der Waals surface area contributed by atoms with Crippen LogP contribution in [0, 0.1) is 17.2 Å². The number of anilines is 1. The number of aliphatic imine (C=N–C) groups is 1. The maximum atomic E-state index is 7.56. The van der Waals surface area contributed by atoms with E-state index < -0.39 is 0 Å². The summed E-state index contributed by atoms with van der Waals surface area (Å²) in [4.78, 5) is 13.7. The first-order chi connectivity index (χ1) is 15.7. The number of hydrogen-bond donors (Lipinski definition) is 2. The molecular weight excluding hydrogens is 398 g/mol. The van der Waals surface area contributed by atoms with Gasteiger partial charge in [-0.2, -0.15) is 9.61 Å². The predicted octanol–water partition coefficient (Wildman–Crippen LogP) is 4.39. The molecule has 0 amide bonds. The van der Waals surface area contributed by atoms with Gasteiger partial charge in [-0.25, -0.2) is 4.98 Å². The van der Waals surface area contributed by atoms with E-state index in [1.165, 1.54) is 23.7 Å². The van der Waals surface area contributed by atoms with E-state index in [1.54, 1.807) is 19.5 Å². The van der Waals surface area contributed by atoms with Crippen molar-refractivity contribution in [2.24, 2.45) is 16.8 Å². The lowest BCUT2D eigenvalue weighted by molar-refractivity contribution is 0.687. The molecule has 1 fully saturated rings. The van der Waals surface area contributed by atoms with Gasteiger partial charge >= 0.3 is 0 Å². The van der Waals surface area contributed by atoms with E-state index in [1.807, 2.05) is 16.6 Å². The molecule has 32 heavy (non-hydrogen) atoms. The van der Waals surface area contributed by atoms with Gasteiger partial charge in [0.1, 0.15) is 5.82 Å². The average Bonchev–Trinajstić information content (AvgIpc) is 3.45. The molecule has 0 saturated heterocycles. The number of nitrogens with one attached hydrogen (secondary N) is 2. The molecule has 3 atom stereocenters. The van der Waals surface area contributed by atoms with Crippen molar-refractivity contribution in [2.75, 3.05) is 18.9 Å². The summed E-state index contributed by atoms with van der Waals surface area (Å²) in [7, 11) is 1.73. The lowest BCUT2D eigenvalue weighted by atomic mass is 10.1. The smallest absolute Gasteiger partial charge is 0.157 e. The first kappa shape index (κ1) is 20.3. The Labute approximate surface area is 187 Å². The largest absolute Gasteiger partial charge is 0.369 e. The van der Waals surface area contributed by atoms with Crippen LogP contribution in [0.2, 0.25) is 0 Å². The summed E-state index contributed by atoms with van der Waals surface area (Å²) in [5, 5.41) is 16.6. The molecule has 0 bridgehead atoms. The van der Waals surface area contributed by atoms with Crippen molar-refractivity contribution in [2.45, 2.75) is 25.2 Å². The minimum atomic E-state index is -0.0519. The predicted molar refractivity (Wildman–Crippen MR) is 129 cm³/mol. The first-order valence-corrected chi connectivity index (χ1v) is 11.1. The summed E-state index contributed by atoms with van der Waals surface area (Å²) in [6.45, 7) is 0.595. The second-order valence-electron chi connectivity index (χ2n) is 8.42. The number of rotatable bonds is 9. The maximum absolute atomic E-state index is 7.56. The van der Waals surface area contributed by atoms with E-state index >= 15 is 0 Å². The highest BCUT2D eigenvalue weighted by Crippen LogP contribution is 2.49. The van der Waals surface area contributed by atoms with Gasteiger partial charge in [-0.15, -0.1) is 0 Å². The standard InChI is InChI=1S/C25H27N7/c1-27-15-17(14-26)16-28-25-13-20(30-24-10-11-29-32(24)25)8-6-19-12-21(19)23-9-7-18-4-2-3-5-22(18)31-23/h2-5,7,9-11,13-15,17,19,21,26,28H,6,8,12,16H2,1H3. The maximum Gasteiger partial charge on any atom is 0.157 e.